The van der Waals surface area contributed by atoms with Crippen LogP contribution in [0, 0.1) is 35.3 Å². The molecule has 10 heteroatoms. The van der Waals surface area contributed by atoms with Crippen LogP contribution in [0.15, 0.2) is 67.0 Å². The number of rotatable bonds is 7. The highest BCUT2D eigenvalue weighted by atomic mass is 35.5. The number of aromatic nitrogens is 2. The van der Waals surface area contributed by atoms with Gasteiger partial charge in [-0.15, -0.1) is 0 Å². The van der Waals surface area contributed by atoms with E-state index in [9.17, 15) is 15.4 Å². The number of hydrogen-bond acceptors (Lipinski definition) is 7. The van der Waals surface area contributed by atoms with Gasteiger partial charge in [-0.25, -0.2) is 9.97 Å². The van der Waals surface area contributed by atoms with Crippen molar-refractivity contribution in [3.63, 3.8) is 0 Å². The third-order valence-corrected chi connectivity index (χ3v) is 6.11. The van der Waals surface area contributed by atoms with Crippen molar-refractivity contribution in [2.24, 2.45) is 0 Å². The number of halogens is 2. The van der Waals surface area contributed by atoms with Crippen LogP contribution in [0.4, 0.5) is 28.7 Å². The molecule has 1 atom stereocenters. The first-order valence-corrected chi connectivity index (χ1v) is 11.6. The van der Waals surface area contributed by atoms with Crippen LogP contribution in [-0.2, 0) is 0 Å². The summed E-state index contributed by atoms with van der Waals surface area (Å²) in [6.07, 6.45) is 1.24. The molecule has 1 aromatic heterocycles. The van der Waals surface area contributed by atoms with E-state index in [1.807, 2.05) is 32.0 Å². The molecule has 3 aromatic carbocycles. The SMILES string of the molecule is Cc1cccc(Nc2ncnc(Nc3cc(Cl)c(C(C#N)c4ccc(Cl)cc4)cc3C)c2[N+](=O)[O-])c1. The summed E-state index contributed by atoms with van der Waals surface area (Å²) < 4.78 is 0. The quantitative estimate of drug-likeness (QED) is 0.192. The summed E-state index contributed by atoms with van der Waals surface area (Å²) in [6, 6.07) is 20.1. The lowest BCUT2D eigenvalue weighted by Crippen LogP contribution is -2.07. The molecule has 0 spiro atoms. The summed E-state index contributed by atoms with van der Waals surface area (Å²) in [6.45, 7) is 3.74. The zero-order valence-corrected chi connectivity index (χ0v) is 20.8. The van der Waals surface area contributed by atoms with Gasteiger partial charge >= 0.3 is 5.69 Å². The van der Waals surface area contributed by atoms with Crippen LogP contribution in [0.3, 0.4) is 0 Å². The maximum atomic E-state index is 12.0. The summed E-state index contributed by atoms with van der Waals surface area (Å²) in [5.74, 6) is -0.552. The van der Waals surface area contributed by atoms with Crippen LogP contribution in [0.2, 0.25) is 10.0 Å². The molecule has 4 rings (SSSR count). The summed E-state index contributed by atoms with van der Waals surface area (Å²) in [4.78, 5) is 19.6. The molecule has 1 unspecified atom stereocenters. The lowest BCUT2D eigenvalue weighted by atomic mass is 9.91. The lowest BCUT2D eigenvalue weighted by molar-refractivity contribution is -0.383. The van der Waals surface area contributed by atoms with Crippen molar-refractivity contribution in [2.75, 3.05) is 10.6 Å². The maximum absolute atomic E-state index is 12.0. The summed E-state index contributed by atoms with van der Waals surface area (Å²) in [7, 11) is 0. The third kappa shape index (κ3) is 5.38. The number of nitro groups is 1. The monoisotopic (exact) mass is 518 g/mol. The average molecular weight is 519 g/mol. The number of nitrogens with one attached hydrogen (secondary N) is 2. The fraction of sp³-hybridized carbons (Fsp3) is 0.115. The molecule has 2 N–H and O–H groups in total. The van der Waals surface area contributed by atoms with E-state index >= 15 is 0 Å². The van der Waals surface area contributed by atoms with Crippen molar-refractivity contribution in [2.45, 2.75) is 19.8 Å². The molecule has 0 aliphatic heterocycles. The van der Waals surface area contributed by atoms with E-state index in [0.29, 0.717) is 27.0 Å². The predicted octanol–water partition coefficient (Wildman–Crippen LogP) is 7.45. The first-order chi connectivity index (χ1) is 17.3. The number of anilines is 4. The zero-order chi connectivity index (χ0) is 25.8. The predicted molar refractivity (Wildman–Crippen MR) is 142 cm³/mol. The summed E-state index contributed by atoms with van der Waals surface area (Å²) in [5.41, 5.74) is 3.95. The summed E-state index contributed by atoms with van der Waals surface area (Å²) >= 11 is 12.6. The molecule has 4 aromatic rings. The Bertz CT molecular complexity index is 1490. The molecule has 0 saturated heterocycles. The zero-order valence-electron chi connectivity index (χ0n) is 19.3. The van der Waals surface area contributed by atoms with Gasteiger partial charge in [-0.2, -0.15) is 5.26 Å². The highest BCUT2D eigenvalue weighted by Crippen LogP contribution is 2.38. The van der Waals surface area contributed by atoms with Crippen molar-refractivity contribution < 1.29 is 4.92 Å². The first-order valence-electron chi connectivity index (χ1n) is 10.8. The van der Waals surface area contributed by atoms with Crippen molar-refractivity contribution in [1.82, 2.24) is 9.97 Å². The highest BCUT2D eigenvalue weighted by molar-refractivity contribution is 6.32. The average Bonchev–Trinajstić information content (AvgIpc) is 2.83. The minimum absolute atomic E-state index is 0.00611. The fourth-order valence-corrected chi connectivity index (χ4v) is 4.16. The van der Waals surface area contributed by atoms with E-state index in [4.69, 9.17) is 23.2 Å². The van der Waals surface area contributed by atoms with E-state index in [1.165, 1.54) is 6.33 Å². The fourth-order valence-electron chi connectivity index (χ4n) is 3.76. The van der Waals surface area contributed by atoms with Gasteiger partial charge < -0.3 is 10.6 Å². The Morgan fingerprint density at radius 3 is 2.33 bits per heavy atom. The van der Waals surface area contributed by atoms with Gasteiger partial charge in [-0.05, 0) is 66.4 Å². The van der Waals surface area contributed by atoms with Gasteiger partial charge in [0.25, 0.3) is 0 Å². The number of benzene rings is 3. The van der Waals surface area contributed by atoms with E-state index in [2.05, 4.69) is 26.7 Å². The van der Waals surface area contributed by atoms with Gasteiger partial charge in [0.05, 0.1) is 16.9 Å². The third-order valence-electron chi connectivity index (χ3n) is 5.53. The van der Waals surface area contributed by atoms with Crippen molar-refractivity contribution in [3.8, 4) is 6.07 Å². The first kappa shape index (κ1) is 24.9. The smallest absolute Gasteiger partial charge is 0.334 e. The number of aryl methyl sites for hydroxylation is 2. The standard InChI is InChI=1S/C26H20Cl2N6O2/c1-15-4-3-5-19(10-15)32-25-24(34(35)36)26(31-14-30-25)33-23-12-22(28)20(11-16(23)2)21(13-29)17-6-8-18(27)9-7-17/h3-12,14,21H,1-2H3,(H2,30,31,32,33). The Morgan fingerprint density at radius 2 is 1.69 bits per heavy atom. The van der Waals surface area contributed by atoms with Crippen LogP contribution in [-0.4, -0.2) is 14.9 Å². The van der Waals surface area contributed by atoms with Crippen LogP contribution < -0.4 is 10.6 Å². The molecular formula is C26H20Cl2N6O2. The molecule has 180 valence electrons. The van der Waals surface area contributed by atoms with E-state index in [-0.39, 0.29) is 17.3 Å². The Morgan fingerprint density at radius 1 is 1.00 bits per heavy atom. The Hall–Kier alpha value is -4.19. The Kier molecular flexibility index (Phi) is 7.34. The van der Waals surface area contributed by atoms with Gasteiger partial charge in [-0.1, -0.05) is 53.5 Å². The van der Waals surface area contributed by atoms with Gasteiger partial charge in [0.1, 0.15) is 6.33 Å². The molecule has 0 bridgehead atoms. The summed E-state index contributed by atoms with van der Waals surface area (Å²) in [5, 5.41) is 28.7. The van der Waals surface area contributed by atoms with Crippen LogP contribution in [0.25, 0.3) is 0 Å². The molecule has 0 saturated carbocycles. The maximum Gasteiger partial charge on any atom is 0.353 e. The lowest BCUT2D eigenvalue weighted by Gasteiger charge is -2.17. The molecule has 0 fully saturated rings. The molecule has 0 amide bonds. The topological polar surface area (TPSA) is 117 Å². The normalized spacial score (nSPS) is 11.4. The van der Waals surface area contributed by atoms with Crippen LogP contribution in [0.1, 0.15) is 28.2 Å². The number of nitrogens with zero attached hydrogens (tertiary/aromatic N) is 4. The Balaban J connectivity index is 1.69. The Labute approximate surface area is 217 Å². The van der Waals surface area contributed by atoms with Crippen molar-refractivity contribution in [3.05, 3.63) is 109 Å². The number of nitriles is 1. The highest BCUT2D eigenvalue weighted by Gasteiger charge is 2.25. The molecule has 36 heavy (non-hydrogen) atoms. The molecule has 0 aliphatic carbocycles. The second-order valence-corrected chi connectivity index (χ2v) is 8.94. The van der Waals surface area contributed by atoms with E-state index < -0.39 is 10.8 Å². The molecular weight excluding hydrogens is 499 g/mol. The molecule has 0 aliphatic rings. The minimum atomic E-state index is -0.610. The van der Waals surface area contributed by atoms with Gasteiger partial charge in [-0.3, -0.25) is 10.1 Å². The molecule has 1 heterocycles. The van der Waals surface area contributed by atoms with Crippen LogP contribution >= 0.6 is 23.2 Å². The second-order valence-electron chi connectivity index (χ2n) is 8.10. The van der Waals surface area contributed by atoms with Gasteiger partial charge in [0, 0.05) is 21.4 Å². The van der Waals surface area contributed by atoms with Crippen LogP contribution in [0.5, 0.6) is 0 Å². The van der Waals surface area contributed by atoms with E-state index in [0.717, 1.165) is 16.7 Å². The number of hydrogen-bond donors (Lipinski definition) is 2. The van der Waals surface area contributed by atoms with Gasteiger partial charge in [0.2, 0.25) is 11.6 Å². The van der Waals surface area contributed by atoms with E-state index in [1.54, 1.807) is 42.5 Å². The van der Waals surface area contributed by atoms with Crippen molar-refractivity contribution >= 4 is 51.9 Å². The second kappa shape index (κ2) is 10.6. The molecule has 8 nitrogen and oxygen atoms in total. The van der Waals surface area contributed by atoms with Gasteiger partial charge in [0.15, 0.2) is 0 Å². The largest absolute Gasteiger partial charge is 0.353 e. The van der Waals surface area contributed by atoms with Crippen molar-refractivity contribution in [1.29, 1.82) is 5.26 Å². The minimum Gasteiger partial charge on any atom is -0.334 e. The molecule has 0 radical (unpaired) electrons.